The molecular formula is C13H18ClNO7. The molecule has 0 spiro atoms. The molecule has 9 heteroatoms. The van der Waals surface area contributed by atoms with E-state index < -0.39 is 36.9 Å². The maximum atomic E-state index is 11.9. The maximum Gasteiger partial charge on any atom is 0.256 e. The monoisotopic (exact) mass is 335 g/mol. The van der Waals surface area contributed by atoms with Gasteiger partial charge < -0.3 is 35.6 Å². The minimum absolute atomic E-state index is 0.195. The Hall–Kier alpha value is -1.42. The molecule has 8 nitrogen and oxygen atoms in total. The van der Waals surface area contributed by atoms with Gasteiger partial charge in [0.1, 0.15) is 24.1 Å². The summed E-state index contributed by atoms with van der Waals surface area (Å²) in [7, 11) is 1.36. The molecule has 0 radical (unpaired) electrons. The second kappa shape index (κ2) is 8.28. The lowest BCUT2D eigenvalue weighted by atomic mass is 10.0. The second-order valence-electron chi connectivity index (χ2n) is 4.51. The summed E-state index contributed by atoms with van der Waals surface area (Å²) in [5.74, 6) is -0.796. The molecule has 22 heavy (non-hydrogen) atoms. The molecule has 0 aromatic heterocycles. The first-order chi connectivity index (χ1) is 10.3. The topological polar surface area (TPSA) is 139 Å². The van der Waals surface area contributed by atoms with Gasteiger partial charge >= 0.3 is 0 Å². The first kappa shape index (κ1) is 18.6. The van der Waals surface area contributed by atoms with Gasteiger partial charge in [0.05, 0.1) is 19.4 Å². The Morgan fingerprint density at radius 3 is 2.45 bits per heavy atom. The number of anilines is 1. The van der Waals surface area contributed by atoms with Gasteiger partial charge in [-0.15, -0.1) is 0 Å². The average Bonchev–Trinajstić information content (AvgIpc) is 2.53. The molecule has 1 amide bonds. The lowest BCUT2D eigenvalue weighted by molar-refractivity contribution is -0.144. The zero-order chi connectivity index (χ0) is 16.9. The van der Waals surface area contributed by atoms with Gasteiger partial charge in [-0.25, -0.2) is 0 Å². The van der Waals surface area contributed by atoms with Gasteiger partial charge in [-0.05, 0) is 12.1 Å². The van der Waals surface area contributed by atoms with E-state index in [4.69, 9.17) is 21.4 Å². The van der Waals surface area contributed by atoms with Crippen LogP contribution < -0.4 is 10.1 Å². The van der Waals surface area contributed by atoms with Crippen LogP contribution in [0.15, 0.2) is 18.2 Å². The normalized spacial score (nSPS) is 16.5. The summed E-state index contributed by atoms with van der Waals surface area (Å²) in [6.45, 7) is -0.836. The number of methoxy groups -OCH3 is 1. The quantitative estimate of drug-likeness (QED) is 0.365. The number of benzene rings is 1. The summed E-state index contributed by atoms with van der Waals surface area (Å²) in [4.78, 5) is 11.9. The van der Waals surface area contributed by atoms with Crippen molar-refractivity contribution in [3.05, 3.63) is 23.2 Å². The van der Waals surface area contributed by atoms with Crippen LogP contribution in [-0.2, 0) is 4.79 Å². The van der Waals surface area contributed by atoms with Crippen molar-refractivity contribution >= 4 is 23.2 Å². The summed E-state index contributed by atoms with van der Waals surface area (Å²) < 4.78 is 5.00. The Kier molecular flexibility index (Phi) is 7.01. The number of carbonyl (C=O) groups excluding carboxylic acids is 1. The van der Waals surface area contributed by atoms with Gasteiger partial charge in [0.25, 0.3) is 5.91 Å². The largest absolute Gasteiger partial charge is 0.495 e. The van der Waals surface area contributed by atoms with Crippen LogP contribution in [0.4, 0.5) is 5.69 Å². The van der Waals surface area contributed by atoms with Crippen molar-refractivity contribution in [2.45, 2.75) is 24.4 Å². The third-order valence-corrected chi connectivity index (χ3v) is 3.18. The highest BCUT2D eigenvalue weighted by atomic mass is 35.5. The number of aliphatic hydroxyl groups excluding tert-OH is 5. The molecule has 1 rings (SSSR count). The number of hydrogen-bond donors (Lipinski definition) is 6. The molecule has 4 atom stereocenters. The smallest absolute Gasteiger partial charge is 0.256 e. The minimum Gasteiger partial charge on any atom is -0.495 e. The molecule has 0 saturated carbocycles. The third kappa shape index (κ3) is 4.54. The van der Waals surface area contributed by atoms with Gasteiger partial charge in [0.2, 0.25) is 0 Å². The summed E-state index contributed by atoms with van der Waals surface area (Å²) >= 11 is 5.77. The van der Waals surface area contributed by atoms with Crippen molar-refractivity contribution in [2.75, 3.05) is 19.0 Å². The molecule has 0 aliphatic carbocycles. The van der Waals surface area contributed by atoms with E-state index in [0.717, 1.165) is 0 Å². The number of rotatable bonds is 7. The van der Waals surface area contributed by atoms with E-state index in [9.17, 15) is 25.2 Å². The predicted molar refractivity (Wildman–Crippen MR) is 77.7 cm³/mol. The second-order valence-corrected chi connectivity index (χ2v) is 4.95. The van der Waals surface area contributed by atoms with Gasteiger partial charge in [-0.3, -0.25) is 4.79 Å². The fourth-order valence-electron chi connectivity index (χ4n) is 1.65. The summed E-state index contributed by atoms with van der Waals surface area (Å²) in [5, 5.41) is 49.3. The van der Waals surface area contributed by atoms with Crippen LogP contribution in [-0.4, -0.2) is 69.6 Å². The molecule has 0 saturated heterocycles. The van der Waals surface area contributed by atoms with Crippen LogP contribution in [0, 0.1) is 0 Å². The standard InChI is InChI=1S/C13H18ClNO7/c1-22-9-4-6(14)2-3-7(9)15-13(21)12(20)11(19)10(18)8(17)5-16/h2-4,8,10-12,16-20H,5H2,1H3,(H,15,21)/t8-,10-,11-,12+/m1/s1. The summed E-state index contributed by atoms with van der Waals surface area (Å²) in [5.41, 5.74) is 0.195. The van der Waals surface area contributed by atoms with Crippen molar-refractivity contribution in [3.8, 4) is 5.75 Å². The van der Waals surface area contributed by atoms with E-state index in [1.165, 1.54) is 25.3 Å². The molecule has 1 aromatic carbocycles. The van der Waals surface area contributed by atoms with E-state index in [-0.39, 0.29) is 11.4 Å². The minimum atomic E-state index is -2.03. The van der Waals surface area contributed by atoms with E-state index in [1.54, 1.807) is 0 Å². The molecule has 1 aromatic rings. The number of aliphatic hydroxyl groups is 5. The number of carbonyl (C=O) groups is 1. The molecule has 0 heterocycles. The summed E-state index contributed by atoms with van der Waals surface area (Å²) in [6, 6.07) is 4.34. The van der Waals surface area contributed by atoms with E-state index in [1.807, 2.05) is 0 Å². The summed E-state index contributed by atoms with van der Waals surface area (Å²) in [6.07, 6.45) is -7.60. The lowest BCUT2D eigenvalue weighted by Gasteiger charge is -2.25. The zero-order valence-corrected chi connectivity index (χ0v) is 12.4. The van der Waals surface area contributed by atoms with Crippen LogP contribution in [0.3, 0.4) is 0 Å². The Labute approximate surface area is 131 Å². The fourth-order valence-corrected chi connectivity index (χ4v) is 1.81. The van der Waals surface area contributed by atoms with Crippen molar-refractivity contribution in [1.82, 2.24) is 0 Å². The van der Waals surface area contributed by atoms with E-state index >= 15 is 0 Å². The SMILES string of the molecule is COc1cc(Cl)ccc1NC(=O)[C@@H](O)[C@H](O)[C@H](O)[C@H](O)CO. The van der Waals surface area contributed by atoms with Crippen molar-refractivity contribution in [3.63, 3.8) is 0 Å². The molecule has 0 fully saturated rings. The van der Waals surface area contributed by atoms with Crippen molar-refractivity contribution in [2.24, 2.45) is 0 Å². The van der Waals surface area contributed by atoms with E-state index in [0.29, 0.717) is 5.02 Å². The van der Waals surface area contributed by atoms with Gasteiger partial charge in [0, 0.05) is 11.1 Å². The Bertz CT molecular complexity index is 513. The molecule has 0 bridgehead atoms. The number of hydrogen-bond acceptors (Lipinski definition) is 7. The van der Waals surface area contributed by atoms with Crippen LogP contribution in [0.2, 0.25) is 5.02 Å². The zero-order valence-electron chi connectivity index (χ0n) is 11.7. The average molecular weight is 336 g/mol. The Morgan fingerprint density at radius 2 is 1.91 bits per heavy atom. The highest BCUT2D eigenvalue weighted by Gasteiger charge is 2.34. The molecule has 124 valence electrons. The van der Waals surface area contributed by atoms with Crippen LogP contribution in [0.25, 0.3) is 0 Å². The first-order valence-electron chi connectivity index (χ1n) is 6.29. The van der Waals surface area contributed by atoms with E-state index in [2.05, 4.69) is 5.32 Å². The molecule has 6 N–H and O–H groups in total. The number of halogens is 1. The Balaban J connectivity index is 2.80. The fraction of sp³-hybridized carbons (Fsp3) is 0.462. The molecule has 0 aliphatic rings. The Morgan fingerprint density at radius 1 is 1.27 bits per heavy atom. The lowest BCUT2D eigenvalue weighted by Crippen LogP contribution is -2.50. The number of nitrogens with one attached hydrogen (secondary N) is 1. The highest BCUT2D eigenvalue weighted by molar-refractivity contribution is 6.30. The van der Waals surface area contributed by atoms with Crippen LogP contribution >= 0.6 is 11.6 Å². The highest BCUT2D eigenvalue weighted by Crippen LogP contribution is 2.28. The van der Waals surface area contributed by atoms with Crippen molar-refractivity contribution < 1.29 is 35.1 Å². The molecule has 0 aliphatic heterocycles. The van der Waals surface area contributed by atoms with Gasteiger partial charge in [-0.1, -0.05) is 11.6 Å². The number of amides is 1. The van der Waals surface area contributed by atoms with Crippen LogP contribution in [0.1, 0.15) is 0 Å². The third-order valence-electron chi connectivity index (χ3n) is 2.94. The van der Waals surface area contributed by atoms with Gasteiger partial charge in [0.15, 0.2) is 6.10 Å². The molecular weight excluding hydrogens is 318 g/mol. The predicted octanol–water partition coefficient (Wildman–Crippen LogP) is -1.28. The van der Waals surface area contributed by atoms with Gasteiger partial charge in [-0.2, -0.15) is 0 Å². The number of ether oxygens (including phenoxy) is 1. The first-order valence-corrected chi connectivity index (χ1v) is 6.67. The van der Waals surface area contributed by atoms with Crippen LogP contribution in [0.5, 0.6) is 5.75 Å². The van der Waals surface area contributed by atoms with Crippen molar-refractivity contribution in [1.29, 1.82) is 0 Å². The maximum absolute atomic E-state index is 11.9. The molecule has 0 unspecified atom stereocenters.